The predicted molar refractivity (Wildman–Crippen MR) is 87.6 cm³/mol. The largest absolute Gasteiger partial charge is 0.343 e. The molecule has 2 heterocycles. The number of rotatable bonds is 4. The van der Waals surface area contributed by atoms with Crippen LogP contribution in [0.25, 0.3) is 0 Å². The van der Waals surface area contributed by atoms with E-state index in [4.69, 9.17) is 5.73 Å². The zero-order valence-electron chi connectivity index (χ0n) is 12.0. The van der Waals surface area contributed by atoms with Crippen LogP contribution in [-0.2, 0) is 6.42 Å². The Hall–Kier alpha value is -1.68. The SMILES string of the molecule is CCc1cnc(C(C)NC(=O)c2csc(C#CCN)c2)s1. The Balaban J connectivity index is 2.01. The lowest BCUT2D eigenvalue weighted by Crippen LogP contribution is -2.26. The summed E-state index contributed by atoms with van der Waals surface area (Å²) in [6.07, 6.45) is 2.83. The third-order valence-corrected chi connectivity index (χ3v) is 4.98. The highest BCUT2D eigenvalue weighted by molar-refractivity contribution is 7.11. The molecular formula is C15H17N3OS2. The molecule has 4 nitrogen and oxygen atoms in total. The highest BCUT2D eigenvalue weighted by Gasteiger charge is 2.15. The van der Waals surface area contributed by atoms with Gasteiger partial charge in [-0.25, -0.2) is 4.98 Å². The molecule has 0 radical (unpaired) electrons. The van der Waals surface area contributed by atoms with E-state index in [9.17, 15) is 4.79 Å². The molecule has 0 aliphatic carbocycles. The van der Waals surface area contributed by atoms with Crippen molar-refractivity contribution < 1.29 is 4.79 Å². The van der Waals surface area contributed by atoms with Crippen LogP contribution in [0.3, 0.4) is 0 Å². The van der Waals surface area contributed by atoms with E-state index in [1.807, 2.05) is 18.5 Å². The summed E-state index contributed by atoms with van der Waals surface area (Å²) < 4.78 is 0. The van der Waals surface area contributed by atoms with Gasteiger partial charge in [0.25, 0.3) is 5.91 Å². The van der Waals surface area contributed by atoms with Gasteiger partial charge in [-0.15, -0.1) is 22.7 Å². The van der Waals surface area contributed by atoms with Gasteiger partial charge in [-0.3, -0.25) is 4.79 Å². The maximum absolute atomic E-state index is 12.2. The standard InChI is InChI=1S/C15H17N3OS2/c1-3-12-8-17-15(21-12)10(2)18-14(19)11-7-13(20-9-11)5-4-6-16/h7-10H,3,6,16H2,1-2H3,(H,18,19). The highest BCUT2D eigenvalue weighted by atomic mass is 32.1. The van der Waals surface area contributed by atoms with Gasteiger partial charge < -0.3 is 11.1 Å². The first-order valence-corrected chi connectivity index (χ1v) is 8.36. The molecule has 110 valence electrons. The summed E-state index contributed by atoms with van der Waals surface area (Å²) in [6.45, 7) is 4.35. The van der Waals surface area contributed by atoms with Crippen molar-refractivity contribution in [2.75, 3.05) is 6.54 Å². The van der Waals surface area contributed by atoms with Crippen molar-refractivity contribution >= 4 is 28.6 Å². The van der Waals surface area contributed by atoms with E-state index in [0.29, 0.717) is 12.1 Å². The Kier molecular flexibility index (Phi) is 5.51. The fourth-order valence-corrected chi connectivity index (χ4v) is 3.30. The number of nitrogens with zero attached hydrogens (tertiary/aromatic N) is 1. The van der Waals surface area contributed by atoms with Crippen molar-refractivity contribution in [1.82, 2.24) is 10.3 Å². The van der Waals surface area contributed by atoms with Crippen molar-refractivity contribution in [2.24, 2.45) is 5.73 Å². The second-order valence-corrected chi connectivity index (χ2v) is 6.48. The van der Waals surface area contributed by atoms with Crippen LogP contribution in [0.5, 0.6) is 0 Å². The summed E-state index contributed by atoms with van der Waals surface area (Å²) in [4.78, 5) is 18.6. The van der Waals surface area contributed by atoms with Crippen molar-refractivity contribution in [1.29, 1.82) is 0 Å². The lowest BCUT2D eigenvalue weighted by Gasteiger charge is -2.10. The van der Waals surface area contributed by atoms with Gasteiger partial charge in [-0.2, -0.15) is 0 Å². The lowest BCUT2D eigenvalue weighted by molar-refractivity contribution is 0.0940. The van der Waals surface area contributed by atoms with Crippen LogP contribution in [0.15, 0.2) is 17.6 Å². The minimum absolute atomic E-state index is 0.0960. The molecule has 1 unspecified atom stereocenters. The molecule has 0 fully saturated rings. The minimum Gasteiger partial charge on any atom is -0.343 e. The van der Waals surface area contributed by atoms with Gasteiger partial charge in [0.15, 0.2) is 0 Å². The number of nitrogens with two attached hydrogens (primary N) is 1. The first-order valence-electron chi connectivity index (χ1n) is 6.67. The van der Waals surface area contributed by atoms with Gasteiger partial charge in [-0.1, -0.05) is 18.8 Å². The molecule has 2 aromatic heterocycles. The highest BCUT2D eigenvalue weighted by Crippen LogP contribution is 2.21. The Morgan fingerprint density at radius 3 is 3.05 bits per heavy atom. The van der Waals surface area contributed by atoms with Crippen molar-refractivity contribution in [3.63, 3.8) is 0 Å². The maximum Gasteiger partial charge on any atom is 0.252 e. The van der Waals surface area contributed by atoms with Gasteiger partial charge >= 0.3 is 0 Å². The van der Waals surface area contributed by atoms with E-state index in [1.54, 1.807) is 17.4 Å². The fourth-order valence-electron chi connectivity index (χ4n) is 1.69. The predicted octanol–water partition coefficient (Wildman–Crippen LogP) is 2.57. The van der Waals surface area contributed by atoms with Crippen LogP contribution in [-0.4, -0.2) is 17.4 Å². The van der Waals surface area contributed by atoms with Gasteiger partial charge in [0, 0.05) is 16.5 Å². The summed E-state index contributed by atoms with van der Waals surface area (Å²) in [7, 11) is 0. The molecule has 0 saturated heterocycles. The number of carbonyl (C=O) groups is 1. The average Bonchev–Trinajstić information content (AvgIpc) is 3.14. The van der Waals surface area contributed by atoms with Crippen LogP contribution in [0.2, 0.25) is 0 Å². The Morgan fingerprint density at radius 2 is 2.38 bits per heavy atom. The number of thiazole rings is 1. The zero-order valence-corrected chi connectivity index (χ0v) is 13.6. The van der Waals surface area contributed by atoms with Gasteiger partial charge in [0.1, 0.15) is 5.01 Å². The van der Waals surface area contributed by atoms with Crippen molar-refractivity contribution in [3.05, 3.63) is 38.0 Å². The topological polar surface area (TPSA) is 68.0 Å². The minimum atomic E-state index is -0.104. The quantitative estimate of drug-likeness (QED) is 0.851. The molecule has 6 heteroatoms. The normalized spacial score (nSPS) is 11.6. The number of hydrogen-bond acceptors (Lipinski definition) is 5. The second kappa shape index (κ2) is 7.36. The Bertz CT molecular complexity index is 678. The molecule has 21 heavy (non-hydrogen) atoms. The smallest absolute Gasteiger partial charge is 0.252 e. The van der Waals surface area contributed by atoms with Crippen molar-refractivity contribution in [3.8, 4) is 11.8 Å². The molecule has 0 aliphatic rings. The summed E-state index contributed by atoms with van der Waals surface area (Å²) >= 11 is 3.08. The van der Waals surface area contributed by atoms with Gasteiger partial charge in [0.2, 0.25) is 0 Å². The molecule has 3 N–H and O–H groups in total. The van der Waals surface area contributed by atoms with Crippen molar-refractivity contribution in [2.45, 2.75) is 26.3 Å². The number of amides is 1. The van der Waals surface area contributed by atoms with E-state index in [2.05, 4.69) is 29.1 Å². The first-order chi connectivity index (χ1) is 10.1. The zero-order chi connectivity index (χ0) is 15.2. The monoisotopic (exact) mass is 319 g/mol. The molecular weight excluding hydrogens is 302 g/mol. The summed E-state index contributed by atoms with van der Waals surface area (Å²) in [6, 6.07) is 1.69. The molecule has 0 aromatic carbocycles. The van der Waals surface area contributed by atoms with E-state index >= 15 is 0 Å². The maximum atomic E-state index is 12.2. The van der Waals surface area contributed by atoms with Crippen LogP contribution in [0.1, 0.15) is 45.0 Å². The molecule has 1 amide bonds. The average molecular weight is 319 g/mol. The second-order valence-electron chi connectivity index (χ2n) is 4.42. The Labute approximate surface area is 132 Å². The summed E-state index contributed by atoms with van der Waals surface area (Å²) in [5, 5.41) is 5.70. The molecule has 0 spiro atoms. The number of aryl methyl sites for hydroxylation is 1. The third kappa shape index (κ3) is 4.14. The van der Waals surface area contributed by atoms with E-state index in [-0.39, 0.29) is 11.9 Å². The van der Waals surface area contributed by atoms with Crippen LogP contribution in [0, 0.1) is 11.8 Å². The molecule has 0 aliphatic heterocycles. The van der Waals surface area contributed by atoms with E-state index in [1.165, 1.54) is 16.2 Å². The molecule has 1 atom stereocenters. The van der Waals surface area contributed by atoms with Gasteiger partial charge in [-0.05, 0) is 19.4 Å². The fraction of sp³-hybridized carbons (Fsp3) is 0.333. The number of aromatic nitrogens is 1. The van der Waals surface area contributed by atoms with E-state index in [0.717, 1.165) is 16.3 Å². The number of hydrogen-bond donors (Lipinski definition) is 2. The summed E-state index contributed by atoms with van der Waals surface area (Å²) in [5.74, 6) is 5.61. The summed E-state index contributed by atoms with van der Waals surface area (Å²) in [5.41, 5.74) is 5.96. The van der Waals surface area contributed by atoms with Gasteiger partial charge in [0.05, 0.1) is 23.0 Å². The van der Waals surface area contributed by atoms with Crippen LogP contribution in [0.4, 0.5) is 0 Å². The molecule has 0 saturated carbocycles. The first kappa shape index (κ1) is 15.7. The number of thiophene rings is 1. The van der Waals surface area contributed by atoms with Crippen LogP contribution >= 0.6 is 22.7 Å². The van der Waals surface area contributed by atoms with Crippen LogP contribution < -0.4 is 11.1 Å². The third-order valence-electron chi connectivity index (χ3n) is 2.81. The molecule has 2 aromatic rings. The molecule has 0 bridgehead atoms. The molecule has 2 rings (SSSR count). The Morgan fingerprint density at radius 1 is 1.57 bits per heavy atom. The number of carbonyl (C=O) groups excluding carboxylic acids is 1. The van der Waals surface area contributed by atoms with E-state index < -0.39 is 0 Å². The lowest BCUT2D eigenvalue weighted by atomic mass is 10.2. The number of nitrogens with one attached hydrogen (secondary N) is 1.